The van der Waals surface area contributed by atoms with Crippen LogP contribution in [0.1, 0.15) is 58.3 Å². The fourth-order valence-corrected chi connectivity index (χ4v) is 3.29. The van der Waals surface area contributed by atoms with E-state index in [9.17, 15) is 18.3 Å². The van der Waals surface area contributed by atoms with Crippen LogP contribution >= 0.6 is 0 Å². The molecule has 0 aromatic rings. The van der Waals surface area contributed by atoms with Crippen LogP contribution in [-0.4, -0.2) is 62.5 Å². The lowest BCUT2D eigenvalue weighted by molar-refractivity contribution is -0.882. The fraction of sp³-hybridized carbons (Fsp3) is 0.789. The molecule has 4 N–H and O–H groups in total. The van der Waals surface area contributed by atoms with Crippen LogP contribution in [0.3, 0.4) is 0 Å². The monoisotopic (exact) mass is 405 g/mol. The molecule has 0 aliphatic heterocycles. The Kier molecular flexibility index (Phi) is 15.1. The topological polar surface area (TPSA) is 108 Å². The number of quaternary nitrogens is 1. The average Bonchev–Trinajstić information content (AvgIpc) is 2.55. The largest absolute Gasteiger partial charge is 0.386 e. The molecule has 0 spiro atoms. The zero-order chi connectivity index (χ0) is 20.5. The highest BCUT2D eigenvalue weighted by Crippen LogP contribution is 2.05. The number of likely N-dealkylation sites (N-methyl/N-ethyl adjacent to an activating group) is 1. The molecule has 158 valence electrons. The Morgan fingerprint density at radius 1 is 1.19 bits per heavy atom. The summed E-state index contributed by atoms with van der Waals surface area (Å²) >= 11 is 0. The highest BCUT2D eigenvalue weighted by atomic mass is 32.2. The molecule has 7 nitrogen and oxygen atoms in total. The van der Waals surface area contributed by atoms with Crippen molar-refractivity contribution in [2.24, 2.45) is 0 Å². The van der Waals surface area contributed by atoms with Crippen molar-refractivity contribution >= 4 is 16.0 Å². The summed E-state index contributed by atoms with van der Waals surface area (Å²) in [5, 5.41) is 12.5. The molecule has 0 heterocycles. The van der Waals surface area contributed by atoms with Gasteiger partial charge in [-0.25, -0.2) is 0 Å². The van der Waals surface area contributed by atoms with E-state index >= 15 is 0 Å². The van der Waals surface area contributed by atoms with E-state index in [4.69, 9.17) is 4.55 Å². The number of rotatable bonds is 16. The molecule has 0 aliphatic carbocycles. The third-order valence-electron chi connectivity index (χ3n) is 4.03. The molecule has 0 aromatic carbocycles. The first-order valence-corrected chi connectivity index (χ1v) is 11.5. The van der Waals surface area contributed by atoms with E-state index in [0.29, 0.717) is 19.5 Å². The van der Waals surface area contributed by atoms with Crippen molar-refractivity contribution in [1.29, 1.82) is 0 Å². The van der Waals surface area contributed by atoms with Gasteiger partial charge in [-0.1, -0.05) is 19.8 Å². The lowest BCUT2D eigenvalue weighted by atomic mass is 10.1. The van der Waals surface area contributed by atoms with Gasteiger partial charge in [0.2, 0.25) is 5.91 Å². The number of amides is 1. The van der Waals surface area contributed by atoms with E-state index < -0.39 is 22.0 Å². The molecule has 0 aromatic heterocycles. The van der Waals surface area contributed by atoms with Crippen LogP contribution in [0.15, 0.2) is 17.9 Å². The Hall–Kier alpha value is -1.18. The minimum atomic E-state index is -4.15. The van der Waals surface area contributed by atoms with E-state index in [1.54, 1.807) is 0 Å². The normalized spacial score (nSPS) is 13.5. The van der Waals surface area contributed by atoms with Crippen LogP contribution in [0.4, 0.5) is 0 Å². The maximum atomic E-state index is 11.8. The van der Waals surface area contributed by atoms with Crippen molar-refractivity contribution < 1.29 is 27.8 Å². The molecule has 0 saturated carbocycles. The van der Waals surface area contributed by atoms with Crippen LogP contribution in [0.2, 0.25) is 0 Å². The Morgan fingerprint density at radius 3 is 2.56 bits per heavy atom. The molecule has 0 aliphatic rings. The lowest BCUT2D eigenvalue weighted by Gasteiger charge is -2.17. The second kappa shape index (κ2) is 15.8. The molecule has 1 amide bonds. The summed E-state index contributed by atoms with van der Waals surface area (Å²) in [7, 11) is -2.32. The second-order valence-corrected chi connectivity index (χ2v) is 8.45. The molecule has 0 rings (SSSR count). The van der Waals surface area contributed by atoms with Gasteiger partial charge in [-0.15, -0.1) is 5.73 Å². The molecule has 0 fully saturated rings. The Morgan fingerprint density at radius 2 is 1.89 bits per heavy atom. The van der Waals surface area contributed by atoms with Crippen LogP contribution in [0.25, 0.3) is 0 Å². The molecule has 8 heteroatoms. The fourth-order valence-electron chi connectivity index (χ4n) is 2.68. The summed E-state index contributed by atoms with van der Waals surface area (Å²) in [5.74, 6) is -0.586. The smallest absolute Gasteiger partial charge is 0.267 e. The molecule has 0 bridgehead atoms. The van der Waals surface area contributed by atoms with Gasteiger partial charge in [-0.05, 0) is 37.8 Å². The molecule has 2 unspecified atom stereocenters. The van der Waals surface area contributed by atoms with Gasteiger partial charge in [-0.2, -0.15) is 8.42 Å². The summed E-state index contributed by atoms with van der Waals surface area (Å²) < 4.78 is 30.1. The van der Waals surface area contributed by atoms with Crippen molar-refractivity contribution in [1.82, 2.24) is 5.32 Å². The number of carbonyl (C=O) groups is 1. The lowest BCUT2D eigenvalue weighted by Crippen LogP contribution is -3.10. The Balaban J connectivity index is 3.59. The molecule has 2 atom stereocenters. The Bertz CT molecular complexity index is 556. The number of aliphatic hydroxyl groups excluding tert-OH is 1. The van der Waals surface area contributed by atoms with E-state index in [1.165, 1.54) is 0 Å². The first-order chi connectivity index (χ1) is 12.7. The van der Waals surface area contributed by atoms with Crippen molar-refractivity contribution in [2.75, 3.05) is 32.4 Å². The zero-order valence-corrected chi connectivity index (χ0v) is 17.6. The number of allylic oxidation sites excluding steroid dienone is 1. The number of hydrogen-bond acceptors (Lipinski definition) is 4. The number of unbranched alkanes of at least 4 members (excludes halogenated alkanes) is 4. The molecule has 27 heavy (non-hydrogen) atoms. The maximum absolute atomic E-state index is 11.8. The Labute approximate surface area is 164 Å². The van der Waals surface area contributed by atoms with Crippen molar-refractivity contribution in [3.8, 4) is 0 Å². The summed E-state index contributed by atoms with van der Waals surface area (Å²) in [6, 6.07) is 0. The van der Waals surface area contributed by atoms with Gasteiger partial charge in [0.25, 0.3) is 10.1 Å². The van der Waals surface area contributed by atoms with Crippen molar-refractivity contribution in [3.05, 3.63) is 17.9 Å². The predicted molar refractivity (Wildman–Crippen MR) is 107 cm³/mol. The van der Waals surface area contributed by atoms with Gasteiger partial charge >= 0.3 is 0 Å². The third kappa shape index (κ3) is 19.4. The van der Waals surface area contributed by atoms with Crippen LogP contribution in [0.5, 0.6) is 0 Å². The molecule has 0 saturated heterocycles. The van der Waals surface area contributed by atoms with Crippen molar-refractivity contribution in [3.63, 3.8) is 0 Å². The highest BCUT2D eigenvalue weighted by molar-refractivity contribution is 7.85. The quantitative estimate of drug-likeness (QED) is 0.172. The standard InChI is InChI=1S/C19H36N2O5S/c1-3-4-5-6-7-8-9-10-11-13-19(23)20-14-12-15-21(2)16-18(22)17-27(24,25)26/h4,6,18,22H,3,7-17H2,1-2H3,(H,20,23)(H,24,25,26)/p+1. The van der Waals surface area contributed by atoms with E-state index in [0.717, 1.165) is 49.8 Å². The predicted octanol–water partition coefficient (Wildman–Crippen LogP) is 0.718. The number of nitrogens with one attached hydrogen (secondary N) is 2. The number of hydrogen-bond donors (Lipinski definition) is 4. The van der Waals surface area contributed by atoms with Crippen LogP contribution < -0.4 is 10.2 Å². The van der Waals surface area contributed by atoms with E-state index in [1.807, 2.05) is 13.1 Å². The van der Waals surface area contributed by atoms with E-state index in [-0.39, 0.29) is 12.5 Å². The first-order valence-electron chi connectivity index (χ1n) is 9.85. The highest BCUT2D eigenvalue weighted by Gasteiger charge is 2.18. The van der Waals surface area contributed by atoms with Gasteiger partial charge < -0.3 is 15.3 Å². The number of aliphatic hydroxyl groups is 1. The van der Waals surface area contributed by atoms with Gasteiger partial charge in [0.15, 0.2) is 0 Å². The van der Waals surface area contributed by atoms with Crippen LogP contribution in [0, 0.1) is 0 Å². The van der Waals surface area contributed by atoms with Crippen molar-refractivity contribution in [2.45, 2.75) is 64.4 Å². The first kappa shape index (κ1) is 25.8. The van der Waals surface area contributed by atoms with Gasteiger partial charge in [0.1, 0.15) is 18.4 Å². The third-order valence-corrected chi connectivity index (χ3v) is 4.84. The summed E-state index contributed by atoms with van der Waals surface area (Å²) in [6.45, 7) is 3.59. The molecule has 0 radical (unpaired) electrons. The average molecular weight is 406 g/mol. The zero-order valence-electron chi connectivity index (χ0n) is 16.7. The summed E-state index contributed by atoms with van der Waals surface area (Å²) in [4.78, 5) is 12.7. The minimum absolute atomic E-state index is 0.0600. The van der Waals surface area contributed by atoms with Gasteiger partial charge in [0.05, 0.1) is 13.6 Å². The van der Waals surface area contributed by atoms with Crippen LogP contribution in [-0.2, 0) is 14.9 Å². The van der Waals surface area contributed by atoms with Gasteiger partial charge in [0, 0.05) is 19.4 Å². The summed E-state index contributed by atoms with van der Waals surface area (Å²) in [6.07, 6.45) is 10.5. The minimum Gasteiger partial charge on any atom is -0.386 e. The number of carbonyl (C=O) groups excluding carboxylic acids is 1. The van der Waals surface area contributed by atoms with E-state index in [2.05, 4.69) is 24.0 Å². The summed E-state index contributed by atoms with van der Waals surface area (Å²) in [5.41, 5.74) is 3.13. The SMILES string of the molecule is CCC=C=CCCCCCCC(=O)NCCC[NH+](C)CC(O)CS(=O)(=O)O. The van der Waals surface area contributed by atoms with Gasteiger partial charge in [-0.3, -0.25) is 9.35 Å². The molecular weight excluding hydrogens is 368 g/mol. The second-order valence-electron chi connectivity index (χ2n) is 6.95. The molecular formula is C19H37N2O5S+. The maximum Gasteiger partial charge on any atom is 0.267 e.